The highest BCUT2D eigenvalue weighted by atomic mass is 16.6. The highest BCUT2D eigenvalue weighted by molar-refractivity contribution is 6.02. The molecule has 0 spiro atoms. The van der Waals surface area contributed by atoms with Crippen molar-refractivity contribution in [3.63, 3.8) is 0 Å². The molecule has 0 heterocycles. The molecule has 1 atom stereocenters. The molecule has 3 aromatic rings. The number of methoxy groups -OCH3 is 1. The van der Waals surface area contributed by atoms with Crippen molar-refractivity contribution < 1.29 is 28.7 Å². The minimum Gasteiger partial charge on any atom is -0.465 e. The lowest BCUT2D eigenvalue weighted by molar-refractivity contribution is -0.118. The quantitative estimate of drug-likeness (QED) is 0.369. The molecule has 0 radical (unpaired) electrons. The van der Waals surface area contributed by atoms with Gasteiger partial charge in [-0.15, -0.1) is 0 Å². The molecule has 0 aliphatic rings. The van der Waals surface area contributed by atoms with Crippen LogP contribution in [0.4, 0.5) is 16.2 Å². The summed E-state index contributed by atoms with van der Waals surface area (Å²) < 4.78 is 9.92. The first kappa shape index (κ1) is 27.9. The van der Waals surface area contributed by atoms with Crippen molar-refractivity contribution in [2.24, 2.45) is 0 Å². The molecule has 38 heavy (non-hydrogen) atoms. The second-order valence-electron chi connectivity index (χ2n) is 9.48. The molecule has 0 bridgehead atoms. The van der Waals surface area contributed by atoms with E-state index in [0.29, 0.717) is 22.5 Å². The van der Waals surface area contributed by atoms with Crippen molar-refractivity contribution in [3.05, 3.63) is 95.6 Å². The lowest BCUT2D eigenvalue weighted by Crippen LogP contribution is -2.45. The average Bonchev–Trinajstić information content (AvgIpc) is 2.88. The summed E-state index contributed by atoms with van der Waals surface area (Å²) in [5.41, 5.74) is 1.83. The fraction of sp³-hybridized carbons (Fsp3) is 0.241. The van der Waals surface area contributed by atoms with Crippen LogP contribution >= 0.6 is 0 Å². The Bertz CT molecular complexity index is 1270. The van der Waals surface area contributed by atoms with Gasteiger partial charge in [0, 0.05) is 23.4 Å². The lowest BCUT2D eigenvalue weighted by atomic mass is 10.0. The van der Waals surface area contributed by atoms with E-state index in [4.69, 9.17) is 4.74 Å². The van der Waals surface area contributed by atoms with E-state index in [1.54, 1.807) is 45.0 Å². The Labute approximate surface area is 221 Å². The normalized spacial score (nSPS) is 11.6. The molecule has 3 aromatic carbocycles. The molecule has 0 fully saturated rings. The number of nitrogens with one attached hydrogen (secondary N) is 3. The number of carbonyl (C=O) groups is 4. The van der Waals surface area contributed by atoms with Crippen LogP contribution in [0.1, 0.15) is 47.1 Å². The third kappa shape index (κ3) is 8.48. The van der Waals surface area contributed by atoms with Gasteiger partial charge in [0.1, 0.15) is 11.6 Å². The number of ether oxygens (including phenoxy) is 2. The molecule has 0 aliphatic carbocycles. The highest BCUT2D eigenvalue weighted by Crippen LogP contribution is 2.17. The summed E-state index contributed by atoms with van der Waals surface area (Å²) in [6.07, 6.45) is -0.323. The van der Waals surface area contributed by atoms with E-state index in [9.17, 15) is 19.2 Å². The number of esters is 1. The summed E-state index contributed by atoms with van der Waals surface area (Å²) in [6, 6.07) is 20.9. The van der Waals surface area contributed by atoms with Crippen LogP contribution in [0.5, 0.6) is 0 Å². The van der Waals surface area contributed by atoms with Gasteiger partial charge >= 0.3 is 12.1 Å². The van der Waals surface area contributed by atoms with Crippen molar-refractivity contribution in [1.82, 2.24) is 5.32 Å². The maximum atomic E-state index is 13.2. The lowest BCUT2D eigenvalue weighted by Gasteiger charge is -2.20. The topological polar surface area (TPSA) is 123 Å². The van der Waals surface area contributed by atoms with Crippen molar-refractivity contribution in [2.75, 3.05) is 17.7 Å². The fourth-order valence-corrected chi connectivity index (χ4v) is 3.46. The maximum absolute atomic E-state index is 13.2. The van der Waals surface area contributed by atoms with E-state index in [0.717, 1.165) is 5.56 Å². The number of hydrogen-bond acceptors (Lipinski definition) is 6. The van der Waals surface area contributed by atoms with Crippen molar-refractivity contribution in [3.8, 4) is 0 Å². The molecule has 9 heteroatoms. The van der Waals surface area contributed by atoms with E-state index in [2.05, 4.69) is 20.7 Å². The van der Waals surface area contributed by atoms with Crippen LogP contribution in [0.15, 0.2) is 78.9 Å². The van der Waals surface area contributed by atoms with Crippen molar-refractivity contribution in [2.45, 2.75) is 38.8 Å². The van der Waals surface area contributed by atoms with Crippen LogP contribution in [-0.4, -0.2) is 42.6 Å². The van der Waals surface area contributed by atoms with Crippen molar-refractivity contribution >= 4 is 35.3 Å². The molecule has 3 amide bonds. The molecule has 3 rings (SSSR count). The molecule has 0 aromatic heterocycles. The molecule has 198 valence electrons. The molecule has 0 aliphatic heterocycles. The van der Waals surface area contributed by atoms with Gasteiger partial charge in [0.05, 0.1) is 12.7 Å². The van der Waals surface area contributed by atoms with Gasteiger partial charge in [-0.25, -0.2) is 9.59 Å². The number of amides is 3. The van der Waals surface area contributed by atoms with Gasteiger partial charge in [-0.2, -0.15) is 0 Å². The van der Waals surface area contributed by atoms with Crippen LogP contribution in [0.2, 0.25) is 0 Å². The monoisotopic (exact) mass is 517 g/mol. The Hall–Kier alpha value is -4.66. The molecule has 3 N–H and O–H groups in total. The Morgan fingerprint density at radius 1 is 0.763 bits per heavy atom. The minimum atomic E-state index is -0.884. The number of rotatable bonds is 8. The zero-order valence-corrected chi connectivity index (χ0v) is 21.7. The first-order valence-corrected chi connectivity index (χ1v) is 12.0. The minimum absolute atomic E-state index is 0.261. The largest absolute Gasteiger partial charge is 0.465 e. The number of anilines is 2. The maximum Gasteiger partial charge on any atom is 0.412 e. The summed E-state index contributed by atoms with van der Waals surface area (Å²) in [5.74, 6) is -1.39. The van der Waals surface area contributed by atoms with Gasteiger partial charge in [0.2, 0.25) is 5.91 Å². The standard InChI is InChI=1S/C29H31N3O6/c1-29(2,3)38-28(36)31-23-16-14-22(15-17-23)30-26(34)24(18-19-8-6-5-7-9-19)32-25(33)20-10-12-21(13-11-20)27(35)37-4/h5-17,24H,18H2,1-4H3,(H,30,34)(H,31,36)(H,32,33)/t24-/m1/s1. The molecule has 0 saturated carbocycles. The highest BCUT2D eigenvalue weighted by Gasteiger charge is 2.23. The van der Waals surface area contributed by atoms with Gasteiger partial charge < -0.3 is 20.1 Å². The Kier molecular flexibility index (Phi) is 9.21. The third-order valence-electron chi connectivity index (χ3n) is 5.27. The number of benzene rings is 3. The van der Waals surface area contributed by atoms with Gasteiger partial charge in [0.15, 0.2) is 0 Å². The SMILES string of the molecule is COC(=O)c1ccc(C(=O)N[C@H](Cc2ccccc2)C(=O)Nc2ccc(NC(=O)OC(C)(C)C)cc2)cc1. The van der Waals surface area contributed by atoms with Crippen molar-refractivity contribution in [1.29, 1.82) is 0 Å². The van der Waals surface area contributed by atoms with Gasteiger partial charge in [0.25, 0.3) is 5.91 Å². The summed E-state index contributed by atoms with van der Waals surface area (Å²) >= 11 is 0. The fourth-order valence-electron chi connectivity index (χ4n) is 3.46. The van der Waals surface area contributed by atoms with E-state index in [1.807, 2.05) is 30.3 Å². The van der Waals surface area contributed by atoms with E-state index >= 15 is 0 Å². The second-order valence-corrected chi connectivity index (χ2v) is 9.48. The zero-order chi connectivity index (χ0) is 27.7. The average molecular weight is 518 g/mol. The van der Waals surface area contributed by atoms with E-state index < -0.39 is 35.5 Å². The summed E-state index contributed by atoms with van der Waals surface area (Å²) in [5, 5.41) is 8.23. The summed E-state index contributed by atoms with van der Waals surface area (Å²) in [7, 11) is 1.28. The van der Waals surface area contributed by atoms with Crippen LogP contribution in [0.25, 0.3) is 0 Å². The Balaban J connectivity index is 1.70. The van der Waals surface area contributed by atoms with E-state index in [1.165, 1.54) is 31.4 Å². The first-order chi connectivity index (χ1) is 18.0. The molecule has 0 saturated heterocycles. The predicted octanol–water partition coefficient (Wildman–Crippen LogP) is 4.80. The molecule has 9 nitrogen and oxygen atoms in total. The summed E-state index contributed by atoms with van der Waals surface area (Å²) in [4.78, 5) is 49.8. The van der Waals surface area contributed by atoms with E-state index in [-0.39, 0.29) is 6.42 Å². The smallest absolute Gasteiger partial charge is 0.412 e. The molecule has 0 unspecified atom stereocenters. The zero-order valence-electron chi connectivity index (χ0n) is 21.7. The van der Waals surface area contributed by atoms with Crippen LogP contribution in [0.3, 0.4) is 0 Å². The summed E-state index contributed by atoms with van der Waals surface area (Å²) in [6.45, 7) is 5.31. The predicted molar refractivity (Wildman–Crippen MR) is 144 cm³/mol. The van der Waals surface area contributed by atoms with Crippen LogP contribution < -0.4 is 16.0 Å². The van der Waals surface area contributed by atoms with Gasteiger partial charge in [-0.05, 0) is 74.9 Å². The van der Waals surface area contributed by atoms with Crippen LogP contribution in [0, 0.1) is 0 Å². The number of carbonyl (C=O) groups excluding carboxylic acids is 4. The molecular weight excluding hydrogens is 486 g/mol. The Morgan fingerprint density at radius 2 is 1.32 bits per heavy atom. The molecular formula is C29H31N3O6. The second kappa shape index (κ2) is 12.5. The van der Waals surface area contributed by atoms with Gasteiger partial charge in [-0.3, -0.25) is 14.9 Å². The third-order valence-corrected chi connectivity index (χ3v) is 5.27. The van der Waals surface area contributed by atoms with Gasteiger partial charge in [-0.1, -0.05) is 30.3 Å². The number of hydrogen-bond donors (Lipinski definition) is 3. The Morgan fingerprint density at radius 3 is 1.87 bits per heavy atom. The first-order valence-electron chi connectivity index (χ1n) is 12.0. The van der Waals surface area contributed by atoms with Crippen LogP contribution in [-0.2, 0) is 20.7 Å².